The molecule has 0 amide bonds. The molecule has 3 nitrogen and oxygen atoms in total. The molecule has 1 aromatic carbocycles. The molecule has 0 saturated carbocycles. The first-order valence-electron chi connectivity index (χ1n) is 10.9. The molecule has 0 aliphatic rings. The second-order valence-electron chi connectivity index (χ2n) is 7.20. The van der Waals surface area contributed by atoms with E-state index in [1.165, 1.54) is 5.56 Å². The molecule has 1 heterocycles. The molecule has 1 aromatic heterocycles. The Balaban J connectivity index is 0. The van der Waals surface area contributed by atoms with E-state index in [0.717, 1.165) is 5.69 Å². The molecule has 0 aliphatic carbocycles. The zero-order valence-electron chi connectivity index (χ0n) is 20.5. The van der Waals surface area contributed by atoms with Crippen LogP contribution in [0.3, 0.4) is 0 Å². The van der Waals surface area contributed by atoms with Crippen LogP contribution in [0.1, 0.15) is 87.4 Å². The number of hydrogen-bond donors (Lipinski definition) is 1. The van der Waals surface area contributed by atoms with Crippen LogP contribution in [0, 0.1) is 11.8 Å². The fourth-order valence-corrected chi connectivity index (χ4v) is 3.32. The highest BCUT2D eigenvalue weighted by atomic mass is 16.3. The van der Waals surface area contributed by atoms with E-state index in [4.69, 9.17) is 0 Å². The van der Waals surface area contributed by atoms with Crippen LogP contribution < -0.4 is 0 Å². The number of rotatable bonds is 5. The summed E-state index contributed by atoms with van der Waals surface area (Å²) in [5.41, 5.74) is 1.21. The highest BCUT2D eigenvalue weighted by Crippen LogP contribution is 2.43. The molecule has 2 aromatic rings. The molecule has 3 atom stereocenters. The molecule has 0 saturated heterocycles. The van der Waals surface area contributed by atoms with Crippen molar-refractivity contribution in [2.24, 2.45) is 18.9 Å². The summed E-state index contributed by atoms with van der Waals surface area (Å²) in [5, 5.41) is 11.1. The second kappa shape index (κ2) is 13.5. The minimum atomic E-state index is -0.920. The van der Waals surface area contributed by atoms with Gasteiger partial charge < -0.3 is 9.67 Å². The maximum Gasteiger partial charge on any atom is 0.106 e. The largest absolute Gasteiger partial charge is 0.384 e. The van der Waals surface area contributed by atoms with Crippen LogP contribution in [0.4, 0.5) is 0 Å². The molecule has 0 fully saturated rings. The van der Waals surface area contributed by atoms with Crippen molar-refractivity contribution in [1.29, 1.82) is 0 Å². The predicted molar refractivity (Wildman–Crippen MR) is 125 cm³/mol. The summed E-state index contributed by atoms with van der Waals surface area (Å²) in [6, 6.07) is 10.5. The van der Waals surface area contributed by atoms with Gasteiger partial charge in [-0.1, -0.05) is 99.6 Å². The molecule has 0 bridgehead atoms. The van der Waals surface area contributed by atoms with E-state index in [1.54, 1.807) is 12.5 Å². The van der Waals surface area contributed by atoms with Gasteiger partial charge in [-0.25, -0.2) is 4.98 Å². The summed E-state index contributed by atoms with van der Waals surface area (Å²) in [6.07, 6.45) is 3.50. The van der Waals surface area contributed by atoms with Gasteiger partial charge in [-0.2, -0.15) is 0 Å². The lowest BCUT2D eigenvalue weighted by atomic mass is 9.65. The van der Waals surface area contributed by atoms with E-state index in [0.29, 0.717) is 5.92 Å². The van der Waals surface area contributed by atoms with Gasteiger partial charge in [0.2, 0.25) is 0 Å². The summed E-state index contributed by atoms with van der Waals surface area (Å²) in [6.45, 7) is 22.8. The molecular formula is C25H46N2O. The SMILES string of the molecule is CC.CC.CC.CC(C(C)C(C)(O)c1cncn1C)C(C)(C)c1ccccc1. The topological polar surface area (TPSA) is 38.1 Å². The smallest absolute Gasteiger partial charge is 0.106 e. The third-order valence-electron chi connectivity index (χ3n) is 5.63. The summed E-state index contributed by atoms with van der Waals surface area (Å²) in [7, 11) is 1.93. The van der Waals surface area contributed by atoms with Gasteiger partial charge in [0.05, 0.1) is 18.2 Å². The highest BCUT2D eigenvalue weighted by molar-refractivity contribution is 5.25. The van der Waals surface area contributed by atoms with E-state index >= 15 is 0 Å². The zero-order chi connectivity index (χ0) is 22.5. The lowest BCUT2D eigenvalue weighted by Gasteiger charge is -2.42. The third-order valence-corrected chi connectivity index (χ3v) is 5.63. The molecule has 162 valence electrons. The minimum absolute atomic E-state index is 0.0245. The van der Waals surface area contributed by atoms with Gasteiger partial charge in [0.15, 0.2) is 0 Å². The van der Waals surface area contributed by atoms with Crippen molar-refractivity contribution < 1.29 is 5.11 Å². The van der Waals surface area contributed by atoms with Gasteiger partial charge in [0.1, 0.15) is 5.60 Å². The van der Waals surface area contributed by atoms with Gasteiger partial charge in [-0.15, -0.1) is 0 Å². The van der Waals surface area contributed by atoms with Crippen molar-refractivity contribution in [2.45, 2.75) is 87.2 Å². The molecule has 0 aliphatic heterocycles. The molecule has 28 heavy (non-hydrogen) atoms. The number of aryl methyl sites for hydroxylation is 1. The molecule has 3 heteroatoms. The fraction of sp³-hybridized carbons (Fsp3) is 0.640. The van der Waals surface area contributed by atoms with Gasteiger partial charge in [0.25, 0.3) is 0 Å². The Morgan fingerprint density at radius 1 is 0.857 bits per heavy atom. The van der Waals surface area contributed by atoms with Crippen molar-refractivity contribution in [1.82, 2.24) is 9.55 Å². The molecule has 1 N–H and O–H groups in total. The summed E-state index contributed by atoms with van der Waals surface area (Å²) in [4.78, 5) is 4.15. The highest BCUT2D eigenvalue weighted by Gasteiger charge is 2.42. The van der Waals surface area contributed by atoms with Gasteiger partial charge in [-0.3, -0.25) is 0 Å². The lowest BCUT2D eigenvalue weighted by molar-refractivity contribution is -0.0395. The van der Waals surface area contributed by atoms with Crippen molar-refractivity contribution in [3.8, 4) is 0 Å². The van der Waals surface area contributed by atoms with Crippen molar-refractivity contribution in [3.05, 3.63) is 54.1 Å². The maximum absolute atomic E-state index is 11.1. The Hall–Kier alpha value is -1.61. The number of nitrogens with zero attached hydrogens (tertiary/aromatic N) is 2. The van der Waals surface area contributed by atoms with Gasteiger partial charge >= 0.3 is 0 Å². The van der Waals surface area contributed by atoms with Gasteiger partial charge in [0, 0.05) is 7.05 Å². The number of hydrogen-bond acceptors (Lipinski definition) is 2. The molecular weight excluding hydrogens is 344 g/mol. The van der Waals surface area contributed by atoms with Crippen molar-refractivity contribution in [2.75, 3.05) is 0 Å². The first-order valence-corrected chi connectivity index (χ1v) is 10.9. The Bertz CT molecular complexity index is 614. The molecule has 3 unspecified atom stereocenters. The van der Waals surface area contributed by atoms with Crippen LogP contribution in [0.5, 0.6) is 0 Å². The van der Waals surface area contributed by atoms with Crippen LogP contribution in [0.15, 0.2) is 42.9 Å². The molecule has 0 radical (unpaired) electrons. The van der Waals surface area contributed by atoms with E-state index in [-0.39, 0.29) is 11.3 Å². The van der Waals surface area contributed by atoms with Crippen molar-refractivity contribution in [3.63, 3.8) is 0 Å². The van der Waals surface area contributed by atoms with Crippen molar-refractivity contribution >= 4 is 0 Å². The van der Waals surface area contributed by atoms with Crippen LogP contribution in [-0.4, -0.2) is 14.7 Å². The average molecular weight is 391 g/mol. The molecule has 2 rings (SSSR count). The van der Waals surface area contributed by atoms with E-state index in [9.17, 15) is 5.11 Å². The zero-order valence-corrected chi connectivity index (χ0v) is 20.5. The Morgan fingerprint density at radius 3 is 1.71 bits per heavy atom. The summed E-state index contributed by atoms with van der Waals surface area (Å²) < 4.78 is 1.90. The predicted octanol–water partition coefficient (Wildman–Crippen LogP) is 6.96. The Labute approximate surface area is 175 Å². The number of imidazole rings is 1. The quantitative estimate of drug-likeness (QED) is 0.599. The van der Waals surface area contributed by atoms with Crippen LogP contribution in [0.2, 0.25) is 0 Å². The first-order chi connectivity index (χ1) is 13.2. The normalized spacial score (nSPS) is 14.6. The number of aliphatic hydroxyl groups is 1. The first kappa shape index (κ1) is 28.6. The van der Waals surface area contributed by atoms with Crippen LogP contribution in [0.25, 0.3) is 0 Å². The number of aromatic nitrogens is 2. The van der Waals surface area contributed by atoms with Crippen LogP contribution in [-0.2, 0) is 18.1 Å². The fourth-order valence-electron chi connectivity index (χ4n) is 3.32. The monoisotopic (exact) mass is 390 g/mol. The summed E-state index contributed by atoms with van der Waals surface area (Å²) in [5.74, 6) is 0.373. The average Bonchev–Trinajstić information content (AvgIpc) is 3.18. The Morgan fingerprint density at radius 2 is 1.32 bits per heavy atom. The third kappa shape index (κ3) is 6.77. The maximum atomic E-state index is 11.1. The van der Waals surface area contributed by atoms with E-state index in [2.05, 4.69) is 56.9 Å². The molecule has 0 spiro atoms. The minimum Gasteiger partial charge on any atom is -0.384 e. The second-order valence-corrected chi connectivity index (χ2v) is 7.20. The van der Waals surface area contributed by atoms with E-state index in [1.807, 2.05) is 66.1 Å². The van der Waals surface area contributed by atoms with Gasteiger partial charge in [-0.05, 0) is 29.7 Å². The number of benzene rings is 1. The van der Waals surface area contributed by atoms with E-state index < -0.39 is 5.60 Å². The van der Waals surface area contributed by atoms with Crippen LogP contribution >= 0.6 is 0 Å². The summed E-state index contributed by atoms with van der Waals surface area (Å²) >= 11 is 0. The Kier molecular flexibility index (Phi) is 13.8. The standard InChI is InChI=1S/C19H28N2O.3C2H6/c1-14(18(3,4)16-10-8-7-9-11-16)15(2)19(5,22)17-12-20-13-21(17)6;3*1-2/h7-15,22H,1-6H3;3*1-2H3. The lowest BCUT2D eigenvalue weighted by Crippen LogP contribution is -2.42.